The predicted molar refractivity (Wildman–Crippen MR) is 136 cm³/mol. The Hall–Kier alpha value is -3.03. The van der Waals surface area contributed by atoms with Crippen LogP contribution in [0.5, 0.6) is 0 Å². The van der Waals surface area contributed by atoms with Crippen molar-refractivity contribution in [3.05, 3.63) is 24.2 Å². The number of aromatic nitrogens is 3. The maximum Gasteiger partial charge on any atom is 0.248 e. The average Bonchev–Trinajstić information content (AvgIpc) is 3.39. The van der Waals surface area contributed by atoms with E-state index in [2.05, 4.69) is 10.1 Å². The molecule has 2 bridgehead atoms. The number of nitrogen functional groups attached to an aromatic ring is 1. The molecule has 3 aliphatic heterocycles. The zero-order chi connectivity index (χ0) is 26.1. The van der Waals surface area contributed by atoms with E-state index in [9.17, 15) is 23.4 Å². The standard InChI is InChI=1S/C24H31N7O5S/c1-37(35,36)21-20(14-9-15-3-4-16(10-14)30(15)19(33)12-32)28-23-17(11-27-31(23)22(21)25)29-8-5-18(26-13-29)24(34)6-2-7-24/h5,8,11,14-16,32,34H,2-4,6-7,9-10,12-13,25H2,1H3/t14-,15+,16-. The number of hydrogen-bond acceptors (Lipinski definition) is 10. The second kappa shape index (κ2) is 8.50. The Bertz CT molecular complexity index is 1430. The lowest BCUT2D eigenvalue weighted by molar-refractivity contribution is -0.138. The number of nitrogens with two attached hydrogens (primary N) is 1. The SMILES string of the molecule is CS(=O)(=O)c1c([C@H]2C[C@H]3CC[C@@H](C2)N3C(=O)CO)nc2c(N3C=CC(C4(O)CCC4)=NC3)cnn2c1N. The van der Waals surface area contributed by atoms with Crippen molar-refractivity contribution in [2.45, 2.75) is 73.4 Å². The molecule has 2 saturated heterocycles. The minimum absolute atomic E-state index is 0.00363. The van der Waals surface area contributed by atoms with Crippen LogP contribution >= 0.6 is 0 Å². The molecule has 0 spiro atoms. The fourth-order valence-corrected chi connectivity index (χ4v) is 7.45. The lowest BCUT2D eigenvalue weighted by Crippen LogP contribution is -2.47. The first-order valence-electron chi connectivity index (χ1n) is 12.6. The van der Waals surface area contributed by atoms with Gasteiger partial charge in [-0.1, -0.05) is 0 Å². The van der Waals surface area contributed by atoms with Gasteiger partial charge in [-0.05, 0) is 51.0 Å². The van der Waals surface area contributed by atoms with Crippen LogP contribution in [0.1, 0.15) is 56.6 Å². The lowest BCUT2D eigenvalue weighted by Gasteiger charge is -2.39. The summed E-state index contributed by atoms with van der Waals surface area (Å²) in [7, 11) is -3.74. The van der Waals surface area contributed by atoms with Crippen LogP contribution in [-0.4, -0.2) is 87.0 Å². The highest BCUT2D eigenvalue weighted by molar-refractivity contribution is 7.91. The second-order valence-electron chi connectivity index (χ2n) is 10.6. The van der Waals surface area contributed by atoms with Gasteiger partial charge in [0.1, 0.15) is 35.3 Å². The van der Waals surface area contributed by atoms with Crippen molar-refractivity contribution in [2.24, 2.45) is 4.99 Å². The van der Waals surface area contributed by atoms with Crippen LogP contribution in [0.15, 0.2) is 28.4 Å². The number of aliphatic hydroxyl groups is 2. The largest absolute Gasteiger partial charge is 0.387 e. The van der Waals surface area contributed by atoms with Crippen LogP contribution in [0.25, 0.3) is 5.65 Å². The van der Waals surface area contributed by atoms with Crippen molar-refractivity contribution >= 4 is 38.6 Å². The van der Waals surface area contributed by atoms with E-state index in [1.165, 1.54) is 4.52 Å². The molecule has 1 amide bonds. The van der Waals surface area contributed by atoms with Gasteiger partial charge in [0.25, 0.3) is 0 Å². The third-order valence-electron chi connectivity index (χ3n) is 8.33. The monoisotopic (exact) mass is 529 g/mol. The molecule has 0 radical (unpaired) electrons. The Labute approximate surface area is 214 Å². The van der Waals surface area contributed by atoms with Crippen LogP contribution in [0.4, 0.5) is 11.5 Å². The van der Waals surface area contributed by atoms with E-state index in [0.29, 0.717) is 48.4 Å². The fraction of sp³-hybridized carbons (Fsp3) is 0.583. The van der Waals surface area contributed by atoms with E-state index in [1.807, 2.05) is 11.1 Å². The molecule has 2 aromatic heterocycles. The molecular formula is C24H31N7O5S. The molecule has 13 heteroatoms. The van der Waals surface area contributed by atoms with Crippen LogP contribution in [0.3, 0.4) is 0 Å². The summed E-state index contributed by atoms with van der Waals surface area (Å²) in [6.07, 6.45) is 11.4. The minimum atomic E-state index is -3.74. The Morgan fingerprint density at radius 2 is 1.95 bits per heavy atom. The smallest absolute Gasteiger partial charge is 0.248 e. The van der Waals surface area contributed by atoms with Gasteiger partial charge in [-0.2, -0.15) is 9.61 Å². The van der Waals surface area contributed by atoms with E-state index in [4.69, 9.17) is 10.7 Å². The molecule has 37 heavy (non-hydrogen) atoms. The van der Waals surface area contributed by atoms with E-state index >= 15 is 0 Å². The molecule has 3 atom stereocenters. The molecule has 5 heterocycles. The van der Waals surface area contributed by atoms with Crippen molar-refractivity contribution in [1.82, 2.24) is 19.5 Å². The van der Waals surface area contributed by atoms with Gasteiger partial charge in [0.15, 0.2) is 15.5 Å². The maximum atomic E-state index is 12.9. The first kappa shape index (κ1) is 24.3. The quantitative estimate of drug-likeness (QED) is 0.502. The Morgan fingerprint density at radius 3 is 2.49 bits per heavy atom. The fourth-order valence-electron chi connectivity index (χ4n) is 6.39. The Kier molecular flexibility index (Phi) is 5.58. The van der Waals surface area contributed by atoms with Gasteiger partial charge in [0, 0.05) is 30.5 Å². The molecule has 3 fully saturated rings. The summed E-state index contributed by atoms with van der Waals surface area (Å²) in [5, 5.41) is 24.4. The number of aliphatic hydroxyl groups excluding tert-OH is 1. The minimum Gasteiger partial charge on any atom is -0.387 e. The number of sulfone groups is 1. The van der Waals surface area contributed by atoms with Crippen LogP contribution in [0.2, 0.25) is 0 Å². The molecule has 6 rings (SSSR count). The summed E-state index contributed by atoms with van der Waals surface area (Å²) in [4.78, 5) is 25.3. The van der Waals surface area contributed by atoms with Crippen LogP contribution in [0, 0.1) is 0 Å². The summed E-state index contributed by atoms with van der Waals surface area (Å²) >= 11 is 0. The van der Waals surface area contributed by atoms with Gasteiger partial charge < -0.3 is 25.7 Å². The molecule has 198 valence electrons. The highest BCUT2D eigenvalue weighted by Crippen LogP contribution is 2.45. The first-order chi connectivity index (χ1) is 17.6. The van der Waals surface area contributed by atoms with Crippen LogP contribution in [-0.2, 0) is 14.6 Å². The number of rotatable bonds is 5. The predicted octanol–water partition coefficient (Wildman–Crippen LogP) is 0.592. The van der Waals surface area contributed by atoms with Crippen molar-refractivity contribution in [3.8, 4) is 0 Å². The molecule has 2 aromatic rings. The molecule has 1 aliphatic carbocycles. The van der Waals surface area contributed by atoms with Gasteiger partial charge in [-0.15, -0.1) is 0 Å². The summed E-state index contributed by atoms with van der Waals surface area (Å²) in [6, 6.07) is -0.149. The zero-order valence-electron chi connectivity index (χ0n) is 20.6. The average molecular weight is 530 g/mol. The normalized spacial score (nSPS) is 26.9. The number of hydrogen-bond donors (Lipinski definition) is 3. The Morgan fingerprint density at radius 1 is 1.24 bits per heavy atom. The van der Waals surface area contributed by atoms with E-state index < -0.39 is 22.0 Å². The highest BCUT2D eigenvalue weighted by atomic mass is 32.2. The maximum absolute atomic E-state index is 12.9. The van der Waals surface area contributed by atoms with Crippen LogP contribution < -0.4 is 10.6 Å². The van der Waals surface area contributed by atoms with E-state index in [1.54, 1.807) is 17.2 Å². The number of nitrogens with zero attached hydrogens (tertiary/aromatic N) is 6. The summed E-state index contributed by atoms with van der Waals surface area (Å²) in [5.74, 6) is -0.503. The third kappa shape index (κ3) is 3.82. The van der Waals surface area contributed by atoms with E-state index in [-0.39, 0.29) is 41.3 Å². The number of aliphatic imine (C=N–C) groups is 1. The van der Waals surface area contributed by atoms with Gasteiger partial charge in [-0.3, -0.25) is 9.79 Å². The van der Waals surface area contributed by atoms with Crippen molar-refractivity contribution < 1.29 is 23.4 Å². The van der Waals surface area contributed by atoms with Crippen molar-refractivity contribution in [2.75, 3.05) is 30.2 Å². The van der Waals surface area contributed by atoms with Gasteiger partial charge >= 0.3 is 0 Å². The zero-order valence-corrected chi connectivity index (χ0v) is 21.4. The van der Waals surface area contributed by atoms with Gasteiger partial charge in [0.05, 0.1) is 17.6 Å². The summed E-state index contributed by atoms with van der Waals surface area (Å²) < 4.78 is 27.2. The number of piperidine rings is 1. The first-order valence-corrected chi connectivity index (χ1v) is 14.5. The molecule has 1 saturated carbocycles. The van der Waals surface area contributed by atoms with Crippen molar-refractivity contribution in [1.29, 1.82) is 0 Å². The third-order valence-corrected chi connectivity index (χ3v) is 9.49. The number of carbonyl (C=O) groups is 1. The molecule has 0 unspecified atom stereocenters. The molecule has 4 N–H and O–H groups in total. The van der Waals surface area contributed by atoms with Gasteiger partial charge in [-0.25, -0.2) is 13.4 Å². The number of anilines is 2. The molecular weight excluding hydrogens is 498 g/mol. The lowest BCUT2D eigenvalue weighted by atomic mass is 9.76. The molecule has 0 aromatic carbocycles. The number of fused-ring (bicyclic) bond motifs is 3. The highest BCUT2D eigenvalue weighted by Gasteiger charge is 2.45. The molecule has 12 nitrogen and oxygen atoms in total. The summed E-state index contributed by atoms with van der Waals surface area (Å²) in [6.45, 7) is -0.264. The van der Waals surface area contributed by atoms with E-state index in [0.717, 1.165) is 25.5 Å². The van der Waals surface area contributed by atoms with Crippen molar-refractivity contribution in [3.63, 3.8) is 0 Å². The Balaban J connectivity index is 1.39. The topological polar surface area (TPSA) is 167 Å². The second-order valence-corrected chi connectivity index (χ2v) is 12.6. The summed E-state index contributed by atoms with van der Waals surface area (Å²) in [5.41, 5.74) is 7.69. The molecule has 4 aliphatic rings. The van der Waals surface area contributed by atoms with Gasteiger partial charge in [0.2, 0.25) is 5.91 Å². The number of amides is 1. The number of carbonyl (C=O) groups excluding carboxylic acids is 1.